The predicted octanol–water partition coefficient (Wildman–Crippen LogP) is 2.36. The molecule has 2 aromatic carbocycles. The van der Waals surface area contributed by atoms with Crippen LogP contribution >= 0.6 is 12.4 Å². The van der Waals surface area contributed by atoms with Gasteiger partial charge in [0.05, 0.1) is 12.0 Å². The number of nitrogens with one attached hydrogen (secondary N) is 1. The van der Waals surface area contributed by atoms with Crippen LogP contribution in [0.5, 0.6) is 11.5 Å². The lowest BCUT2D eigenvalue weighted by Gasteiger charge is -2.15. The highest BCUT2D eigenvalue weighted by Gasteiger charge is 2.10. The van der Waals surface area contributed by atoms with Crippen LogP contribution in [-0.2, 0) is 16.4 Å². The van der Waals surface area contributed by atoms with Gasteiger partial charge in [-0.25, -0.2) is 13.6 Å². The summed E-state index contributed by atoms with van der Waals surface area (Å²) >= 11 is 0. The number of para-hydroxylation sites is 2. The Morgan fingerprint density at radius 3 is 2.46 bits per heavy atom. The van der Waals surface area contributed by atoms with Crippen molar-refractivity contribution < 1.29 is 17.9 Å². The number of primary sulfonamides is 1. The van der Waals surface area contributed by atoms with Crippen molar-refractivity contribution in [3.63, 3.8) is 0 Å². The molecule has 1 unspecified atom stereocenters. The van der Waals surface area contributed by atoms with E-state index in [1.165, 1.54) is 6.07 Å². The Morgan fingerprint density at radius 1 is 1.12 bits per heavy atom. The monoisotopic (exact) mass is 400 g/mol. The molecule has 0 amide bonds. The van der Waals surface area contributed by atoms with E-state index in [0.717, 1.165) is 5.56 Å². The van der Waals surface area contributed by atoms with E-state index < -0.39 is 10.0 Å². The Bertz CT molecular complexity index is 799. The van der Waals surface area contributed by atoms with Crippen LogP contribution in [-0.4, -0.2) is 34.7 Å². The minimum absolute atomic E-state index is 0. The molecule has 0 aliphatic carbocycles. The zero-order valence-corrected chi connectivity index (χ0v) is 16.5. The molecular weight excluding hydrogens is 376 g/mol. The van der Waals surface area contributed by atoms with Crippen molar-refractivity contribution in [2.24, 2.45) is 5.14 Å². The summed E-state index contributed by atoms with van der Waals surface area (Å²) in [7, 11) is -2.06. The zero-order valence-electron chi connectivity index (χ0n) is 14.8. The zero-order chi connectivity index (χ0) is 18.3. The van der Waals surface area contributed by atoms with Crippen LogP contribution in [0.2, 0.25) is 0 Å². The lowest BCUT2D eigenvalue weighted by atomic mass is 10.1. The van der Waals surface area contributed by atoms with Crippen molar-refractivity contribution in [2.75, 3.05) is 20.3 Å². The van der Waals surface area contributed by atoms with E-state index >= 15 is 0 Å². The molecule has 0 heterocycles. The van der Waals surface area contributed by atoms with Crippen LogP contribution < -0.4 is 19.9 Å². The average Bonchev–Trinajstić information content (AvgIpc) is 2.58. The Hall–Kier alpha value is -1.80. The van der Waals surface area contributed by atoms with Crippen LogP contribution in [0.1, 0.15) is 12.5 Å². The van der Waals surface area contributed by atoms with Gasteiger partial charge >= 0.3 is 0 Å². The molecule has 0 aromatic heterocycles. The van der Waals surface area contributed by atoms with Crippen LogP contribution in [0, 0.1) is 0 Å². The molecule has 0 radical (unpaired) electrons. The molecule has 0 bridgehead atoms. The molecule has 26 heavy (non-hydrogen) atoms. The standard InChI is InChI=1S/C18H24N2O4S.ClH/c1-14(12-15-6-5-7-16(13-15)25(19,21)22)20-10-11-24-18-9-4-3-8-17(18)23-2;/h3-9,13-14,20H,10-12H2,1-2H3,(H2,19,21,22);1H. The number of hydrogen-bond acceptors (Lipinski definition) is 5. The van der Waals surface area contributed by atoms with Gasteiger partial charge in [0.15, 0.2) is 11.5 Å². The minimum atomic E-state index is -3.67. The van der Waals surface area contributed by atoms with Gasteiger partial charge in [-0.2, -0.15) is 0 Å². The summed E-state index contributed by atoms with van der Waals surface area (Å²) in [5.41, 5.74) is 0.914. The quantitative estimate of drug-likeness (QED) is 0.630. The minimum Gasteiger partial charge on any atom is -0.493 e. The first-order valence-electron chi connectivity index (χ1n) is 8.01. The fourth-order valence-corrected chi connectivity index (χ4v) is 3.06. The molecule has 0 fully saturated rings. The Morgan fingerprint density at radius 2 is 1.81 bits per heavy atom. The first-order valence-corrected chi connectivity index (χ1v) is 9.55. The fraction of sp³-hybridized carbons (Fsp3) is 0.333. The third-order valence-electron chi connectivity index (χ3n) is 3.69. The highest BCUT2D eigenvalue weighted by atomic mass is 35.5. The molecule has 0 aliphatic rings. The first kappa shape index (κ1) is 22.2. The molecule has 0 saturated heterocycles. The second kappa shape index (κ2) is 10.4. The second-order valence-corrected chi connectivity index (χ2v) is 7.31. The third-order valence-corrected chi connectivity index (χ3v) is 4.60. The highest BCUT2D eigenvalue weighted by molar-refractivity contribution is 7.89. The number of methoxy groups -OCH3 is 1. The van der Waals surface area contributed by atoms with Crippen molar-refractivity contribution in [1.29, 1.82) is 0 Å². The van der Waals surface area contributed by atoms with E-state index in [9.17, 15) is 8.42 Å². The van der Waals surface area contributed by atoms with E-state index in [-0.39, 0.29) is 23.3 Å². The first-order chi connectivity index (χ1) is 11.9. The summed E-state index contributed by atoms with van der Waals surface area (Å²) < 4.78 is 33.8. The lowest BCUT2D eigenvalue weighted by molar-refractivity contribution is 0.287. The Balaban J connectivity index is 0.00000338. The van der Waals surface area contributed by atoms with Crippen molar-refractivity contribution in [3.8, 4) is 11.5 Å². The Kier molecular flexibility index (Phi) is 8.87. The van der Waals surface area contributed by atoms with E-state index in [1.807, 2.05) is 37.3 Å². The number of benzene rings is 2. The molecule has 0 spiro atoms. The molecule has 2 rings (SSSR count). The maximum Gasteiger partial charge on any atom is 0.238 e. The number of ether oxygens (including phenoxy) is 2. The summed E-state index contributed by atoms with van der Waals surface area (Å²) in [6.45, 7) is 3.20. The molecule has 8 heteroatoms. The summed E-state index contributed by atoms with van der Waals surface area (Å²) in [6.07, 6.45) is 0.692. The van der Waals surface area contributed by atoms with Crippen LogP contribution in [0.4, 0.5) is 0 Å². The largest absolute Gasteiger partial charge is 0.493 e. The van der Waals surface area contributed by atoms with E-state index in [0.29, 0.717) is 31.1 Å². The number of nitrogens with two attached hydrogens (primary N) is 1. The number of hydrogen-bond donors (Lipinski definition) is 2. The van der Waals surface area contributed by atoms with Gasteiger partial charge < -0.3 is 14.8 Å². The topological polar surface area (TPSA) is 90.7 Å². The Labute approximate surface area is 161 Å². The van der Waals surface area contributed by atoms with E-state index in [1.54, 1.807) is 19.2 Å². The van der Waals surface area contributed by atoms with Gasteiger partial charge in [0.25, 0.3) is 0 Å². The van der Waals surface area contributed by atoms with Gasteiger partial charge in [0.1, 0.15) is 6.61 Å². The lowest BCUT2D eigenvalue weighted by Crippen LogP contribution is -2.31. The molecule has 0 aliphatic heterocycles. The number of halogens is 1. The normalized spacial score (nSPS) is 12.1. The molecule has 1 atom stereocenters. The van der Waals surface area contributed by atoms with Crippen LogP contribution in [0.15, 0.2) is 53.4 Å². The molecule has 2 aromatic rings. The van der Waals surface area contributed by atoms with Gasteiger partial charge in [0, 0.05) is 12.6 Å². The van der Waals surface area contributed by atoms with Crippen molar-refractivity contribution in [2.45, 2.75) is 24.3 Å². The van der Waals surface area contributed by atoms with E-state index in [2.05, 4.69) is 5.32 Å². The summed E-state index contributed by atoms with van der Waals surface area (Å²) in [5, 5.41) is 8.51. The molecule has 144 valence electrons. The smallest absolute Gasteiger partial charge is 0.238 e. The SMILES string of the molecule is COc1ccccc1OCCNC(C)Cc1cccc(S(N)(=O)=O)c1.Cl. The fourth-order valence-electron chi connectivity index (χ4n) is 2.48. The van der Waals surface area contributed by atoms with Gasteiger partial charge in [-0.1, -0.05) is 24.3 Å². The number of sulfonamides is 1. The van der Waals surface area contributed by atoms with Crippen molar-refractivity contribution >= 4 is 22.4 Å². The average molecular weight is 401 g/mol. The maximum absolute atomic E-state index is 11.4. The second-order valence-electron chi connectivity index (χ2n) is 5.75. The summed E-state index contributed by atoms with van der Waals surface area (Å²) in [6, 6.07) is 14.4. The predicted molar refractivity (Wildman–Crippen MR) is 105 cm³/mol. The van der Waals surface area contributed by atoms with Gasteiger partial charge in [-0.15, -0.1) is 12.4 Å². The van der Waals surface area contributed by atoms with Gasteiger partial charge in [-0.3, -0.25) is 0 Å². The highest BCUT2D eigenvalue weighted by Crippen LogP contribution is 2.25. The van der Waals surface area contributed by atoms with Gasteiger partial charge in [-0.05, 0) is 43.2 Å². The van der Waals surface area contributed by atoms with Gasteiger partial charge in [0.2, 0.25) is 10.0 Å². The van der Waals surface area contributed by atoms with Crippen molar-refractivity contribution in [3.05, 3.63) is 54.1 Å². The number of rotatable bonds is 9. The third kappa shape index (κ3) is 6.84. The maximum atomic E-state index is 11.4. The molecule has 0 saturated carbocycles. The molecular formula is C18H25ClN2O4S. The van der Waals surface area contributed by atoms with E-state index in [4.69, 9.17) is 14.6 Å². The summed E-state index contributed by atoms with van der Waals surface area (Å²) in [4.78, 5) is 0.136. The van der Waals surface area contributed by atoms with Crippen molar-refractivity contribution in [1.82, 2.24) is 5.32 Å². The van der Waals surface area contributed by atoms with Crippen LogP contribution in [0.25, 0.3) is 0 Å². The summed E-state index contributed by atoms with van der Waals surface area (Å²) in [5.74, 6) is 1.41. The molecule has 3 N–H and O–H groups in total. The van der Waals surface area contributed by atoms with Crippen LogP contribution in [0.3, 0.4) is 0 Å². The molecule has 6 nitrogen and oxygen atoms in total.